The van der Waals surface area contributed by atoms with Crippen molar-refractivity contribution in [3.63, 3.8) is 0 Å². The number of carbonyl (C=O) groups is 1. The van der Waals surface area contributed by atoms with Gasteiger partial charge in [0, 0.05) is 0 Å². The fourth-order valence-corrected chi connectivity index (χ4v) is 0.443. The maximum absolute atomic E-state index is 10.5. The predicted octanol–water partition coefficient (Wildman–Crippen LogP) is 1.67. The molecule has 0 saturated carbocycles. The van der Waals surface area contributed by atoms with Crippen molar-refractivity contribution in [2.24, 2.45) is 5.92 Å². The van der Waals surface area contributed by atoms with E-state index in [1.165, 1.54) is 12.2 Å². The molecule has 0 aliphatic heterocycles. The van der Waals surface area contributed by atoms with Crippen LogP contribution in [0.4, 0.5) is 0 Å². The zero-order valence-corrected chi connectivity index (χ0v) is 5.60. The highest BCUT2D eigenvalue weighted by molar-refractivity contribution is 6.13. The molecule has 3 heteroatoms. The van der Waals surface area contributed by atoms with Gasteiger partial charge in [0.05, 0.1) is 5.92 Å². The molecule has 0 unspecified atom stereocenters. The Bertz CT molecular complexity index is 123. The zero-order valence-electron chi connectivity index (χ0n) is 4.84. The molecule has 0 aliphatic carbocycles. The predicted molar refractivity (Wildman–Crippen MR) is 35.8 cm³/mol. The lowest BCUT2D eigenvalue weighted by molar-refractivity contribution is -0.135. The van der Waals surface area contributed by atoms with Crippen LogP contribution in [-0.4, -0.2) is 5.97 Å². The third kappa shape index (κ3) is 2.33. The van der Waals surface area contributed by atoms with E-state index in [2.05, 4.69) is 17.4 Å². The zero-order chi connectivity index (χ0) is 7.28. The Morgan fingerprint density at radius 2 is 2.00 bits per heavy atom. The standard InChI is InChI=1S/C6H7ClO2/c1-3-5(4-2)6(8)9-7/h3-5H,1-2H2. The van der Waals surface area contributed by atoms with Gasteiger partial charge < -0.3 is 4.29 Å². The number of rotatable bonds is 3. The van der Waals surface area contributed by atoms with E-state index in [0.29, 0.717) is 0 Å². The monoisotopic (exact) mass is 146 g/mol. The van der Waals surface area contributed by atoms with Crippen LogP contribution in [0, 0.1) is 5.92 Å². The molecule has 0 spiro atoms. The van der Waals surface area contributed by atoms with Crippen molar-refractivity contribution in [2.45, 2.75) is 0 Å². The summed E-state index contributed by atoms with van der Waals surface area (Å²) in [5.74, 6) is -1.05. The minimum Gasteiger partial charge on any atom is -0.347 e. The molecular weight excluding hydrogens is 140 g/mol. The summed E-state index contributed by atoms with van der Waals surface area (Å²) in [6.45, 7) is 6.74. The first kappa shape index (κ1) is 8.24. The summed E-state index contributed by atoms with van der Waals surface area (Å²) in [4.78, 5) is 10.5. The topological polar surface area (TPSA) is 26.3 Å². The fourth-order valence-electron chi connectivity index (χ4n) is 0.340. The summed E-state index contributed by atoms with van der Waals surface area (Å²) < 4.78 is 3.88. The molecule has 50 valence electrons. The number of hydrogen-bond donors (Lipinski definition) is 0. The van der Waals surface area contributed by atoms with Crippen molar-refractivity contribution in [1.82, 2.24) is 0 Å². The van der Waals surface area contributed by atoms with Gasteiger partial charge >= 0.3 is 5.97 Å². The molecule has 0 saturated heterocycles. The fraction of sp³-hybridized carbons (Fsp3) is 0.167. The quantitative estimate of drug-likeness (QED) is 0.567. The summed E-state index contributed by atoms with van der Waals surface area (Å²) >= 11 is 4.76. The SMILES string of the molecule is C=CC(C=C)C(=O)OCl. The molecule has 0 atom stereocenters. The van der Waals surface area contributed by atoms with Gasteiger partial charge in [-0.15, -0.1) is 13.2 Å². The Morgan fingerprint density at radius 1 is 1.56 bits per heavy atom. The maximum atomic E-state index is 10.5. The summed E-state index contributed by atoms with van der Waals surface area (Å²) in [6.07, 6.45) is 2.80. The molecule has 2 nitrogen and oxygen atoms in total. The second-order valence-electron chi connectivity index (χ2n) is 1.39. The van der Waals surface area contributed by atoms with Crippen LogP contribution >= 0.6 is 11.9 Å². The van der Waals surface area contributed by atoms with E-state index in [-0.39, 0.29) is 0 Å². The molecule has 0 rings (SSSR count). The average Bonchev–Trinajstić information content (AvgIpc) is 1.90. The van der Waals surface area contributed by atoms with Crippen molar-refractivity contribution < 1.29 is 9.08 Å². The van der Waals surface area contributed by atoms with Crippen molar-refractivity contribution in [2.75, 3.05) is 0 Å². The van der Waals surface area contributed by atoms with Crippen LogP contribution < -0.4 is 0 Å². The van der Waals surface area contributed by atoms with Crippen LogP contribution in [0.25, 0.3) is 0 Å². The first-order valence-electron chi connectivity index (χ1n) is 2.33. The Morgan fingerprint density at radius 3 is 2.11 bits per heavy atom. The minimum absolute atomic E-state index is 0.498. The van der Waals surface area contributed by atoms with E-state index in [1.54, 1.807) is 0 Å². The van der Waals surface area contributed by atoms with Crippen LogP contribution in [0.1, 0.15) is 0 Å². The van der Waals surface area contributed by atoms with Crippen LogP contribution in [0.15, 0.2) is 25.3 Å². The van der Waals surface area contributed by atoms with Gasteiger partial charge in [0.2, 0.25) is 0 Å². The van der Waals surface area contributed by atoms with E-state index in [9.17, 15) is 4.79 Å². The molecule has 0 aromatic rings. The third-order valence-corrected chi connectivity index (χ3v) is 1.01. The highest BCUT2D eigenvalue weighted by Gasteiger charge is 2.10. The third-order valence-electron chi connectivity index (χ3n) is 0.856. The summed E-state index contributed by atoms with van der Waals surface area (Å²) in [5.41, 5.74) is 0. The lowest BCUT2D eigenvalue weighted by atomic mass is 10.1. The van der Waals surface area contributed by atoms with Crippen molar-refractivity contribution >= 4 is 17.8 Å². The number of halogens is 1. The first-order valence-corrected chi connectivity index (χ1v) is 2.64. The van der Waals surface area contributed by atoms with Crippen molar-refractivity contribution in [3.8, 4) is 0 Å². The summed E-state index contributed by atoms with van der Waals surface area (Å²) in [6, 6.07) is 0. The highest BCUT2D eigenvalue weighted by Crippen LogP contribution is 2.02. The van der Waals surface area contributed by atoms with Gasteiger partial charge in [-0.1, -0.05) is 12.2 Å². The average molecular weight is 147 g/mol. The molecule has 9 heavy (non-hydrogen) atoms. The normalized spacial score (nSPS) is 8.67. The van der Waals surface area contributed by atoms with E-state index >= 15 is 0 Å². The Labute approximate surface area is 58.9 Å². The molecular formula is C6H7ClO2. The molecule has 0 aromatic carbocycles. The molecule has 0 radical (unpaired) electrons. The minimum atomic E-state index is -0.554. The molecule has 0 bridgehead atoms. The van der Waals surface area contributed by atoms with E-state index in [4.69, 9.17) is 11.9 Å². The second-order valence-corrected chi connectivity index (χ2v) is 1.55. The molecule has 0 heterocycles. The van der Waals surface area contributed by atoms with Crippen LogP contribution in [0.5, 0.6) is 0 Å². The maximum Gasteiger partial charge on any atom is 0.335 e. The van der Waals surface area contributed by atoms with Gasteiger partial charge in [-0.3, -0.25) is 0 Å². The van der Waals surface area contributed by atoms with Crippen LogP contribution in [-0.2, 0) is 9.08 Å². The first-order chi connectivity index (χ1) is 4.26. The second kappa shape index (κ2) is 4.15. The van der Waals surface area contributed by atoms with Gasteiger partial charge in [-0.05, 0) is 0 Å². The van der Waals surface area contributed by atoms with Gasteiger partial charge in [-0.25, -0.2) is 4.79 Å². The smallest absolute Gasteiger partial charge is 0.335 e. The summed E-state index contributed by atoms with van der Waals surface area (Å²) in [7, 11) is 0. The number of carbonyl (C=O) groups excluding carboxylic acids is 1. The van der Waals surface area contributed by atoms with Gasteiger partial charge in [0.1, 0.15) is 11.9 Å². The van der Waals surface area contributed by atoms with Crippen LogP contribution in [0.2, 0.25) is 0 Å². The van der Waals surface area contributed by atoms with Gasteiger partial charge in [-0.2, -0.15) is 0 Å². The van der Waals surface area contributed by atoms with E-state index in [0.717, 1.165) is 0 Å². The van der Waals surface area contributed by atoms with Crippen LogP contribution in [0.3, 0.4) is 0 Å². The summed E-state index contributed by atoms with van der Waals surface area (Å²) in [5, 5.41) is 0. The lowest BCUT2D eigenvalue weighted by Crippen LogP contribution is -2.07. The molecule has 0 fully saturated rings. The molecule has 0 aromatic heterocycles. The van der Waals surface area contributed by atoms with E-state index in [1.807, 2.05) is 0 Å². The largest absolute Gasteiger partial charge is 0.347 e. The lowest BCUT2D eigenvalue weighted by Gasteiger charge is -1.98. The molecule has 0 N–H and O–H groups in total. The highest BCUT2D eigenvalue weighted by atomic mass is 35.5. The Kier molecular flexibility index (Phi) is 3.80. The van der Waals surface area contributed by atoms with Gasteiger partial charge in [0.15, 0.2) is 0 Å². The van der Waals surface area contributed by atoms with Gasteiger partial charge in [0.25, 0.3) is 0 Å². The van der Waals surface area contributed by atoms with Crippen molar-refractivity contribution in [1.29, 1.82) is 0 Å². The van der Waals surface area contributed by atoms with Crippen molar-refractivity contribution in [3.05, 3.63) is 25.3 Å². The Balaban J connectivity index is 3.93. The number of hydrogen-bond acceptors (Lipinski definition) is 2. The molecule has 0 amide bonds. The Hall–Kier alpha value is -0.760. The molecule has 0 aliphatic rings. The van der Waals surface area contributed by atoms with E-state index < -0.39 is 11.9 Å².